The topological polar surface area (TPSA) is 117 Å². The van der Waals surface area contributed by atoms with Gasteiger partial charge in [-0.15, -0.1) is 0 Å². The fourth-order valence-corrected chi connectivity index (χ4v) is 4.12. The molecule has 3 rings (SSSR count). The molecule has 2 unspecified atom stereocenters. The van der Waals surface area contributed by atoms with E-state index in [2.05, 4.69) is 16.0 Å². The molecule has 0 saturated carbocycles. The van der Waals surface area contributed by atoms with Crippen molar-refractivity contribution in [3.8, 4) is 0 Å². The van der Waals surface area contributed by atoms with Gasteiger partial charge in [-0.05, 0) is 44.9 Å². The number of rotatable bonds is 9. The van der Waals surface area contributed by atoms with E-state index < -0.39 is 17.6 Å². The molecule has 0 radical (unpaired) electrons. The zero-order chi connectivity index (χ0) is 27.0. The van der Waals surface area contributed by atoms with E-state index in [1.807, 2.05) is 49.4 Å². The highest BCUT2D eigenvalue weighted by Crippen LogP contribution is 2.28. The maximum absolute atomic E-state index is 12.9. The number of amides is 4. The molecule has 1 aliphatic heterocycles. The van der Waals surface area contributed by atoms with Gasteiger partial charge in [0.2, 0.25) is 17.7 Å². The van der Waals surface area contributed by atoms with Crippen LogP contribution in [-0.2, 0) is 25.7 Å². The molecular weight excluding hydrogens is 472 g/mol. The Morgan fingerprint density at radius 1 is 1.03 bits per heavy atom. The van der Waals surface area contributed by atoms with Gasteiger partial charge in [0.15, 0.2) is 0 Å². The van der Waals surface area contributed by atoms with Crippen LogP contribution in [0.15, 0.2) is 54.6 Å². The lowest BCUT2D eigenvalue weighted by molar-refractivity contribution is -0.130. The molecule has 1 fully saturated rings. The molecule has 9 heteroatoms. The summed E-state index contributed by atoms with van der Waals surface area (Å²) < 4.78 is 5.16. The van der Waals surface area contributed by atoms with Crippen LogP contribution in [0.1, 0.15) is 57.7 Å². The highest BCUT2D eigenvalue weighted by Gasteiger charge is 2.36. The molecule has 2 aromatic carbocycles. The molecule has 0 aliphatic carbocycles. The fraction of sp³-hybridized carbons (Fsp3) is 0.429. The molecule has 0 aromatic heterocycles. The number of likely N-dealkylation sites (tertiary alicyclic amines) is 1. The van der Waals surface area contributed by atoms with Crippen LogP contribution >= 0.6 is 0 Å². The van der Waals surface area contributed by atoms with Crippen LogP contribution < -0.4 is 16.0 Å². The van der Waals surface area contributed by atoms with Crippen LogP contribution in [0.3, 0.4) is 0 Å². The van der Waals surface area contributed by atoms with E-state index in [0.29, 0.717) is 12.2 Å². The van der Waals surface area contributed by atoms with Gasteiger partial charge in [0, 0.05) is 38.2 Å². The van der Waals surface area contributed by atoms with Gasteiger partial charge < -0.3 is 25.6 Å². The molecule has 1 aliphatic rings. The number of hydrogen-bond acceptors (Lipinski definition) is 5. The molecule has 4 amide bonds. The Balaban J connectivity index is 1.49. The van der Waals surface area contributed by atoms with Crippen molar-refractivity contribution in [1.29, 1.82) is 0 Å². The summed E-state index contributed by atoms with van der Waals surface area (Å²) in [5.41, 5.74) is 1.73. The number of benzene rings is 2. The van der Waals surface area contributed by atoms with Gasteiger partial charge in [0.25, 0.3) is 0 Å². The van der Waals surface area contributed by atoms with Crippen LogP contribution in [-0.4, -0.2) is 47.4 Å². The second kappa shape index (κ2) is 12.4. The summed E-state index contributed by atoms with van der Waals surface area (Å²) in [6.45, 7) is 7.97. The molecule has 3 N–H and O–H groups in total. The number of nitrogens with zero attached hydrogens (tertiary/aromatic N) is 1. The summed E-state index contributed by atoms with van der Waals surface area (Å²) in [6, 6.07) is 16.8. The van der Waals surface area contributed by atoms with E-state index in [-0.39, 0.29) is 49.7 Å². The molecule has 9 nitrogen and oxygen atoms in total. The zero-order valence-electron chi connectivity index (χ0n) is 21.9. The Kier molecular flexibility index (Phi) is 9.27. The van der Waals surface area contributed by atoms with Gasteiger partial charge in [0.1, 0.15) is 5.60 Å². The predicted molar refractivity (Wildman–Crippen MR) is 140 cm³/mol. The van der Waals surface area contributed by atoms with E-state index in [9.17, 15) is 19.2 Å². The van der Waals surface area contributed by atoms with Crippen molar-refractivity contribution in [3.05, 3.63) is 65.7 Å². The van der Waals surface area contributed by atoms with E-state index in [1.54, 1.807) is 37.8 Å². The van der Waals surface area contributed by atoms with Crippen molar-refractivity contribution in [2.75, 3.05) is 18.4 Å². The Morgan fingerprint density at radius 2 is 1.70 bits per heavy atom. The summed E-state index contributed by atoms with van der Waals surface area (Å²) in [5, 5.41) is 8.30. The molecule has 1 saturated heterocycles. The SMILES string of the molecule is CC(c1ccccc1)N1CC(C(=O)NCc2ccccc2NC(=O)CCNC(=O)OC(C)(C)C)CC1=O. The van der Waals surface area contributed by atoms with E-state index in [0.717, 1.165) is 11.1 Å². The third-order valence-electron chi connectivity index (χ3n) is 6.04. The van der Waals surface area contributed by atoms with Crippen LogP contribution in [0, 0.1) is 5.92 Å². The first kappa shape index (κ1) is 27.7. The fourth-order valence-electron chi connectivity index (χ4n) is 4.12. The van der Waals surface area contributed by atoms with Crippen LogP contribution in [0.5, 0.6) is 0 Å². The van der Waals surface area contributed by atoms with Crippen LogP contribution in [0.25, 0.3) is 0 Å². The van der Waals surface area contributed by atoms with E-state index in [1.165, 1.54) is 0 Å². The highest BCUT2D eigenvalue weighted by molar-refractivity contribution is 5.92. The maximum Gasteiger partial charge on any atom is 0.407 e. The summed E-state index contributed by atoms with van der Waals surface area (Å²) in [6.07, 6.45) is -0.337. The first-order chi connectivity index (χ1) is 17.5. The minimum Gasteiger partial charge on any atom is -0.444 e. The number of ether oxygens (including phenoxy) is 1. The summed E-state index contributed by atoms with van der Waals surface area (Å²) in [7, 11) is 0. The van der Waals surface area contributed by atoms with Crippen molar-refractivity contribution in [1.82, 2.24) is 15.5 Å². The van der Waals surface area contributed by atoms with Gasteiger partial charge in [-0.3, -0.25) is 14.4 Å². The summed E-state index contributed by atoms with van der Waals surface area (Å²) in [5.74, 6) is -0.941. The Bertz CT molecular complexity index is 1110. The standard InChI is InChI=1S/C28H36N4O5/c1-19(20-10-6-5-7-11-20)32-18-22(16-25(32)34)26(35)30-17-21-12-8-9-13-23(21)31-24(33)14-15-29-27(36)37-28(2,3)4/h5-13,19,22H,14-18H2,1-4H3,(H,29,36)(H,30,35)(H,31,33). The molecule has 2 aromatic rings. The lowest BCUT2D eigenvalue weighted by atomic mass is 10.1. The van der Waals surface area contributed by atoms with Gasteiger partial charge in [-0.25, -0.2) is 4.79 Å². The molecule has 37 heavy (non-hydrogen) atoms. The minimum absolute atomic E-state index is 0.0378. The smallest absolute Gasteiger partial charge is 0.407 e. The normalized spacial score (nSPS) is 16.2. The molecular formula is C28H36N4O5. The lowest BCUT2D eigenvalue weighted by Crippen LogP contribution is -2.34. The summed E-state index contributed by atoms with van der Waals surface area (Å²) in [4.78, 5) is 51.4. The quantitative estimate of drug-likeness (QED) is 0.477. The predicted octanol–water partition coefficient (Wildman–Crippen LogP) is 3.77. The Morgan fingerprint density at radius 3 is 2.41 bits per heavy atom. The Labute approximate surface area is 217 Å². The zero-order valence-corrected chi connectivity index (χ0v) is 21.9. The third kappa shape index (κ3) is 8.34. The monoisotopic (exact) mass is 508 g/mol. The van der Waals surface area contributed by atoms with Crippen molar-refractivity contribution >= 4 is 29.5 Å². The number of nitrogens with one attached hydrogen (secondary N) is 3. The molecule has 2 atom stereocenters. The van der Waals surface area contributed by atoms with Crippen LogP contribution in [0.2, 0.25) is 0 Å². The molecule has 0 spiro atoms. The number of hydrogen-bond donors (Lipinski definition) is 3. The largest absolute Gasteiger partial charge is 0.444 e. The maximum atomic E-state index is 12.9. The van der Waals surface area contributed by atoms with Crippen molar-refractivity contribution in [3.63, 3.8) is 0 Å². The van der Waals surface area contributed by atoms with Crippen molar-refractivity contribution < 1.29 is 23.9 Å². The number of carbonyl (C=O) groups is 4. The minimum atomic E-state index is -0.611. The van der Waals surface area contributed by atoms with Gasteiger partial charge >= 0.3 is 6.09 Å². The third-order valence-corrected chi connectivity index (χ3v) is 6.04. The second-order valence-corrected chi connectivity index (χ2v) is 10.1. The second-order valence-electron chi connectivity index (χ2n) is 10.1. The number of anilines is 1. The molecule has 198 valence electrons. The Hall–Kier alpha value is -3.88. The van der Waals surface area contributed by atoms with E-state index >= 15 is 0 Å². The van der Waals surface area contributed by atoms with Gasteiger partial charge in [-0.1, -0.05) is 48.5 Å². The van der Waals surface area contributed by atoms with Gasteiger partial charge in [-0.2, -0.15) is 0 Å². The molecule has 1 heterocycles. The van der Waals surface area contributed by atoms with Gasteiger partial charge in [0.05, 0.1) is 12.0 Å². The number of alkyl carbamates (subject to hydrolysis) is 1. The average Bonchev–Trinajstić information content (AvgIpc) is 3.24. The number of para-hydroxylation sites is 1. The van der Waals surface area contributed by atoms with Crippen molar-refractivity contribution in [2.24, 2.45) is 5.92 Å². The average molecular weight is 509 g/mol. The highest BCUT2D eigenvalue weighted by atomic mass is 16.6. The number of carbonyl (C=O) groups excluding carboxylic acids is 4. The molecule has 0 bridgehead atoms. The van der Waals surface area contributed by atoms with Crippen molar-refractivity contribution in [2.45, 2.75) is 58.7 Å². The summed E-state index contributed by atoms with van der Waals surface area (Å²) >= 11 is 0. The first-order valence-electron chi connectivity index (χ1n) is 12.5. The van der Waals surface area contributed by atoms with Crippen LogP contribution in [0.4, 0.5) is 10.5 Å². The lowest BCUT2D eigenvalue weighted by Gasteiger charge is -2.25. The first-order valence-corrected chi connectivity index (χ1v) is 12.5. The van der Waals surface area contributed by atoms with E-state index in [4.69, 9.17) is 4.74 Å².